The molecule has 1 heterocycles. The first-order chi connectivity index (χ1) is 8.11. The number of esters is 1. The third-order valence-corrected chi connectivity index (χ3v) is 2.39. The van der Waals surface area contributed by atoms with E-state index in [0.29, 0.717) is 11.0 Å². The standard InChI is InChI=1S/C13H12O4/c1-3-16-12(14)10-7-9-5-4-8(2)6-11(9)17-13(10)15/h4-7H,3H2,1-2H3. The Labute approximate surface area is 97.8 Å². The van der Waals surface area contributed by atoms with E-state index >= 15 is 0 Å². The zero-order valence-corrected chi connectivity index (χ0v) is 9.65. The number of hydrogen-bond donors (Lipinski definition) is 0. The molecule has 0 bridgehead atoms. The Morgan fingerprint density at radius 2 is 2.12 bits per heavy atom. The lowest BCUT2D eigenvalue weighted by Crippen LogP contribution is -2.16. The van der Waals surface area contributed by atoms with E-state index in [2.05, 4.69) is 0 Å². The van der Waals surface area contributed by atoms with E-state index in [1.807, 2.05) is 13.0 Å². The van der Waals surface area contributed by atoms with Crippen molar-refractivity contribution < 1.29 is 13.9 Å². The van der Waals surface area contributed by atoms with E-state index in [-0.39, 0.29) is 12.2 Å². The van der Waals surface area contributed by atoms with E-state index in [0.717, 1.165) is 5.56 Å². The second kappa shape index (κ2) is 4.41. The highest BCUT2D eigenvalue weighted by Gasteiger charge is 2.14. The molecular weight excluding hydrogens is 220 g/mol. The van der Waals surface area contributed by atoms with E-state index in [4.69, 9.17) is 9.15 Å². The zero-order chi connectivity index (χ0) is 12.4. The van der Waals surface area contributed by atoms with Crippen LogP contribution in [0.15, 0.2) is 33.5 Å². The van der Waals surface area contributed by atoms with Gasteiger partial charge in [-0.25, -0.2) is 9.59 Å². The lowest BCUT2D eigenvalue weighted by Gasteiger charge is -2.02. The second-order valence-corrected chi connectivity index (χ2v) is 3.71. The molecule has 0 atom stereocenters. The van der Waals surface area contributed by atoms with Gasteiger partial charge in [0.25, 0.3) is 0 Å². The van der Waals surface area contributed by atoms with Crippen molar-refractivity contribution in [1.29, 1.82) is 0 Å². The number of rotatable bonds is 2. The minimum atomic E-state index is -0.665. The number of carbonyl (C=O) groups is 1. The van der Waals surface area contributed by atoms with Crippen LogP contribution in [-0.2, 0) is 4.74 Å². The fraction of sp³-hybridized carbons (Fsp3) is 0.231. The first kappa shape index (κ1) is 11.4. The predicted octanol–water partition coefficient (Wildman–Crippen LogP) is 2.28. The van der Waals surface area contributed by atoms with Crippen molar-refractivity contribution in [1.82, 2.24) is 0 Å². The summed E-state index contributed by atoms with van der Waals surface area (Å²) in [5, 5.41) is 0.707. The van der Waals surface area contributed by atoms with Crippen molar-refractivity contribution in [2.24, 2.45) is 0 Å². The quantitative estimate of drug-likeness (QED) is 0.588. The molecule has 0 N–H and O–H groups in total. The highest BCUT2D eigenvalue weighted by molar-refractivity contribution is 5.92. The van der Waals surface area contributed by atoms with Crippen molar-refractivity contribution in [3.8, 4) is 0 Å². The maximum atomic E-state index is 11.6. The number of aryl methyl sites for hydroxylation is 1. The van der Waals surface area contributed by atoms with E-state index in [1.54, 1.807) is 19.1 Å². The zero-order valence-electron chi connectivity index (χ0n) is 9.65. The van der Waals surface area contributed by atoms with E-state index < -0.39 is 11.6 Å². The van der Waals surface area contributed by atoms with Crippen LogP contribution in [0.1, 0.15) is 22.8 Å². The summed E-state index contributed by atoms with van der Waals surface area (Å²) in [6, 6.07) is 6.94. The highest BCUT2D eigenvalue weighted by Crippen LogP contribution is 2.15. The van der Waals surface area contributed by atoms with Gasteiger partial charge in [-0.05, 0) is 31.5 Å². The minimum Gasteiger partial charge on any atom is -0.462 e. The summed E-state index contributed by atoms with van der Waals surface area (Å²) in [6.45, 7) is 3.81. The van der Waals surface area contributed by atoms with Gasteiger partial charge in [0.2, 0.25) is 0 Å². The molecule has 2 aromatic rings. The fourth-order valence-electron chi connectivity index (χ4n) is 1.57. The Morgan fingerprint density at radius 1 is 1.35 bits per heavy atom. The first-order valence-electron chi connectivity index (χ1n) is 5.33. The Morgan fingerprint density at radius 3 is 2.82 bits per heavy atom. The topological polar surface area (TPSA) is 56.5 Å². The molecule has 0 spiro atoms. The van der Waals surface area contributed by atoms with Crippen molar-refractivity contribution >= 4 is 16.9 Å². The molecule has 1 aromatic heterocycles. The van der Waals surface area contributed by atoms with Gasteiger partial charge in [0.15, 0.2) is 0 Å². The molecule has 0 fully saturated rings. The lowest BCUT2D eigenvalue weighted by atomic mass is 10.1. The normalized spacial score (nSPS) is 10.5. The monoisotopic (exact) mass is 232 g/mol. The van der Waals surface area contributed by atoms with Crippen molar-refractivity contribution in [2.75, 3.05) is 6.61 Å². The molecule has 0 saturated carbocycles. The number of ether oxygens (including phenoxy) is 1. The average Bonchev–Trinajstić information content (AvgIpc) is 2.28. The van der Waals surface area contributed by atoms with Gasteiger partial charge in [0.1, 0.15) is 11.1 Å². The Kier molecular flexibility index (Phi) is 2.95. The Balaban J connectivity index is 2.60. The van der Waals surface area contributed by atoms with Crippen LogP contribution in [0.2, 0.25) is 0 Å². The molecular formula is C13H12O4. The van der Waals surface area contributed by atoms with Crippen LogP contribution < -0.4 is 5.63 Å². The van der Waals surface area contributed by atoms with Crippen LogP contribution in [0.3, 0.4) is 0 Å². The van der Waals surface area contributed by atoms with E-state index in [1.165, 1.54) is 6.07 Å². The Bertz CT molecular complexity index is 625. The van der Waals surface area contributed by atoms with Gasteiger partial charge >= 0.3 is 11.6 Å². The molecule has 88 valence electrons. The van der Waals surface area contributed by atoms with Gasteiger partial charge in [-0.3, -0.25) is 0 Å². The number of fused-ring (bicyclic) bond motifs is 1. The molecule has 0 aliphatic rings. The average molecular weight is 232 g/mol. The molecule has 0 saturated heterocycles. The Hall–Kier alpha value is -2.10. The molecule has 17 heavy (non-hydrogen) atoms. The van der Waals surface area contributed by atoms with Gasteiger partial charge in [-0.15, -0.1) is 0 Å². The maximum Gasteiger partial charge on any atom is 0.351 e. The highest BCUT2D eigenvalue weighted by atomic mass is 16.5. The summed E-state index contributed by atoms with van der Waals surface area (Å²) in [5.74, 6) is -0.649. The molecule has 4 heteroatoms. The third kappa shape index (κ3) is 2.20. The van der Waals surface area contributed by atoms with E-state index in [9.17, 15) is 9.59 Å². The van der Waals surface area contributed by atoms with Crippen molar-refractivity contribution in [3.05, 3.63) is 45.8 Å². The molecule has 1 aromatic carbocycles. The number of benzene rings is 1. The van der Waals surface area contributed by atoms with Crippen LogP contribution in [0.4, 0.5) is 0 Å². The summed E-state index contributed by atoms with van der Waals surface area (Å²) in [5.41, 5.74) is 0.734. The lowest BCUT2D eigenvalue weighted by molar-refractivity contribution is 0.0522. The largest absolute Gasteiger partial charge is 0.462 e. The summed E-state index contributed by atoms with van der Waals surface area (Å²) >= 11 is 0. The van der Waals surface area contributed by atoms with Gasteiger partial charge < -0.3 is 9.15 Å². The molecule has 0 amide bonds. The SMILES string of the molecule is CCOC(=O)c1cc2ccc(C)cc2oc1=O. The molecule has 0 aliphatic heterocycles. The maximum absolute atomic E-state index is 11.6. The smallest absolute Gasteiger partial charge is 0.351 e. The van der Waals surface area contributed by atoms with Crippen LogP contribution in [0, 0.1) is 6.92 Å². The van der Waals surface area contributed by atoms with Gasteiger partial charge in [0, 0.05) is 5.39 Å². The van der Waals surface area contributed by atoms with Crippen LogP contribution >= 0.6 is 0 Å². The molecule has 2 rings (SSSR count). The summed E-state index contributed by atoms with van der Waals surface area (Å²) < 4.78 is 9.87. The number of carbonyl (C=O) groups excluding carboxylic acids is 1. The molecule has 0 unspecified atom stereocenters. The summed E-state index contributed by atoms with van der Waals surface area (Å²) in [7, 11) is 0. The van der Waals surface area contributed by atoms with Crippen molar-refractivity contribution in [3.63, 3.8) is 0 Å². The number of hydrogen-bond acceptors (Lipinski definition) is 4. The summed E-state index contributed by atoms with van der Waals surface area (Å²) in [4.78, 5) is 23.1. The first-order valence-corrected chi connectivity index (χ1v) is 5.33. The van der Waals surface area contributed by atoms with Crippen molar-refractivity contribution in [2.45, 2.75) is 13.8 Å². The minimum absolute atomic E-state index is 0.0665. The van der Waals surface area contributed by atoms with Gasteiger partial charge in [-0.2, -0.15) is 0 Å². The van der Waals surface area contributed by atoms with Crippen LogP contribution in [-0.4, -0.2) is 12.6 Å². The molecule has 0 radical (unpaired) electrons. The van der Waals surface area contributed by atoms with Gasteiger partial charge in [-0.1, -0.05) is 12.1 Å². The summed E-state index contributed by atoms with van der Waals surface area (Å²) in [6.07, 6.45) is 0. The molecule has 0 aliphatic carbocycles. The predicted molar refractivity (Wildman–Crippen MR) is 63.2 cm³/mol. The van der Waals surface area contributed by atoms with Crippen LogP contribution in [0.25, 0.3) is 11.0 Å². The van der Waals surface area contributed by atoms with Crippen LogP contribution in [0.5, 0.6) is 0 Å². The fourth-order valence-corrected chi connectivity index (χ4v) is 1.57. The molecule has 4 nitrogen and oxygen atoms in total. The van der Waals surface area contributed by atoms with Gasteiger partial charge in [0.05, 0.1) is 6.61 Å². The second-order valence-electron chi connectivity index (χ2n) is 3.71. The third-order valence-electron chi connectivity index (χ3n) is 2.39.